The van der Waals surface area contributed by atoms with E-state index >= 15 is 0 Å². The van der Waals surface area contributed by atoms with Gasteiger partial charge in [-0.15, -0.1) is 0 Å². The van der Waals surface area contributed by atoms with Gasteiger partial charge in [0.2, 0.25) is 0 Å². The van der Waals surface area contributed by atoms with Crippen molar-refractivity contribution in [3.8, 4) is 0 Å². The Morgan fingerprint density at radius 3 is 2.86 bits per heavy atom. The number of rotatable bonds is 5. The maximum absolute atomic E-state index is 12.2. The van der Waals surface area contributed by atoms with Gasteiger partial charge in [0.25, 0.3) is 0 Å². The van der Waals surface area contributed by atoms with Crippen LogP contribution in [-0.2, 0) is 14.3 Å². The molecule has 1 saturated carbocycles. The highest BCUT2D eigenvalue weighted by atomic mass is 16.5. The van der Waals surface area contributed by atoms with Crippen molar-refractivity contribution in [2.75, 3.05) is 33.9 Å². The third-order valence-corrected chi connectivity index (χ3v) is 5.11. The zero-order valence-electron chi connectivity index (χ0n) is 13.7. The van der Waals surface area contributed by atoms with Crippen LogP contribution in [0.2, 0.25) is 0 Å². The highest BCUT2D eigenvalue weighted by molar-refractivity contribution is 5.81. The lowest BCUT2D eigenvalue weighted by Crippen LogP contribution is -2.58. The highest BCUT2D eigenvalue weighted by Crippen LogP contribution is 2.33. The van der Waals surface area contributed by atoms with Crippen molar-refractivity contribution < 1.29 is 14.3 Å². The molecule has 3 atom stereocenters. The molecule has 2 aliphatic rings. The van der Waals surface area contributed by atoms with E-state index in [1.165, 1.54) is 20.0 Å². The molecule has 1 aliphatic carbocycles. The predicted molar refractivity (Wildman–Crippen MR) is 82.3 cm³/mol. The zero-order chi connectivity index (χ0) is 15.3. The Labute approximate surface area is 128 Å². The molecule has 122 valence electrons. The van der Waals surface area contributed by atoms with Crippen molar-refractivity contribution in [2.24, 2.45) is 0 Å². The summed E-state index contributed by atoms with van der Waals surface area (Å²) in [6.45, 7) is 4.96. The van der Waals surface area contributed by atoms with Gasteiger partial charge in [0.05, 0.1) is 13.2 Å². The molecule has 1 N–H and O–H groups in total. The second kappa shape index (κ2) is 7.56. The molecule has 0 aromatic carbocycles. The monoisotopic (exact) mass is 298 g/mol. The summed E-state index contributed by atoms with van der Waals surface area (Å²) < 4.78 is 10.8. The first-order valence-corrected chi connectivity index (χ1v) is 8.28. The van der Waals surface area contributed by atoms with E-state index < -0.39 is 5.54 Å². The highest BCUT2D eigenvalue weighted by Gasteiger charge is 2.44. The Balaban J connectivity index is 2.01. The largest absolute Gasteiger partial charge is 0.468 e. The predicted octanol–water partition coefficient (Wildman–Crippen LogP) is 1.56. The smallest absolute Gasteiger partial charge is 0.326 e. The first kappa shape index (κ1) is 16.7. The molecule has 1 saturated heterocycles. The molecule has 2 rings (SSSR count). The van der Waals surface area contributed by atoms with E-state index in [1.807, 2.05) is 7.05 Å². The van der Waals surface area contributed by atoms with Gasteiger partial charge in [0, 0.05) is 19.2 Å². The van der Waals surface area contributed by atoms with Crippen molar-refractivity contribution in [1.82, 2.24) is 10.2 Å². The Morgan fingerprint density at radius 2 is 2.19 bits per heavy atom. The minimum atomic E-state index is -0.504. The summed E-state index contributed by atoms with van der Waals surface area (Å²) in [5.41, 5.74) is -0.504. The molecule has 0 spiro atoms. The second-order valence-electron chi connectivity index (χ2n) is 6.29. The van der Waals surface area contributed by atoms with Crippen LogP contribution in [0.1, 0.15) is 45.4 Å². The van der Waals surface area contributed by atoms with Crippen LogP contribution in [0.15, 0.2) is 0 Å². The molecule has 0 bridgehead atoms. The molecule has 21 heavy (non-hydrogen) atoms. The van der Waals surface area contributed by atoms with Gasteiger partial charge in [-0.1, -0.05) is 0 Å². The summed E-state index contributed by atoms with van der Waals surface area (Å²) in [6.07, 6.45) is 6.64. The fourth-order valence-corrected chi connectivity index (χ4v) is 3.94. The lowest BCUT2D eigenvalue weighted by atomic mass is 9.78. The van der Waals surface area contributed by atoms with E-state index in [2.05, 4.69) is 17.1 Å². The fourth-order valence-electron chi connectivity index (χ4n) is 3.94. The van der Waals surface area contributed by atoms with Crippen LogP contribution in [0.4, 0.5) is 0 Å². The van der Waals surface area contributed by atoms with Crippen LogP contribution >= 0.6 is 0 Å². The number of nitrogens with zero attached hydrogens (tertiary/aromatic N) is 1. The molecule has 1 aliphatic heterocycles. The number of likely N-dealkylation sites (tertiary alicyclic amines) is 1. The molecule has 0 aromatic rings. The minimum absolute atomic E-state index is 0.118. The summed E-state index contributed by atoms with van der Waals surface area (Å²) in [7, 11) is 3.36. The summed E-state index contributed by atoms with van der Waals surface area (Å²) in [5.74, 6) is -0.118. The SMILES string of the molecule is CCOC1CCCN(C2CCCC(NC)(C(=O)OC)C2)C1. The van der Waals surface area contributed by atoms with E-state index in [4.69, 9.17) is 9.47 Å². The van der Waals surface area contributed by atoms with Crippen molar-refractivity contribution in [2.45, 2.75) is 63.1 Å². The number of hydrogen-bond donors (Lipinski definition) is 1. The van der Waals surface area contributed by atoms with E-state index in [9.17, 15) is 4.79 Å². The third kappa shape index (κ3) is 3.76. The van der Waals surface area contributed by atoms with Gasteiger partial charge in [0.15, 0.2) is 0 Å². The number of methoxy groups -OCH3 is 1. The standard InChI is InChI=1S/C16H30N2O3/c1-4-21-14-8-6-10-18(12-14)13-7-5-9-16(11-13,17-2)15(19)20-3/h13-14,17H,4-12H2,1-3H3. The normalized spacial score (nSPS) is 34.6. The molecule has 3 unspecified atom stereocenters. The Bertz CT molecular complexity index is 348. The van der Waals surface area contributed by atoms with Crippen LogP contribution in [-0.4, -0.2) is 62.4 Å². The fraction of sp³-hybridized carbons (Fsp3) is 0.938. The quantitative estimate of drug-likeness (QED) is 0.781. The van der Waals surface area contributed by atoms with Gasteiger partial charge in [-0.05, 0) is 59.0 Å². The molecule has 0 aromatic heterocycles. The number of esters is 1. The van der Waals surface area contributed by atoms with Crippen molar-refractivity contribution >= 4 is 5.97 Å². The van der Waals surface area contributed by atoms with Gasteiger partial charge < -0.3 is 14.8 Å². The van der Waals surface area contributed by atoms with Gasteiger partial charge >= 0.3 is 5.97 Å². The van der Waals surface area contributed by atoms with E-state index in [-0.39, 0.29) is 5.97 Å². The second-order valence-corrected chi connectivity index (χ2v) is 6.29. The molecular formula is C16H30N2O3. The van der Waals surface area contributed by atoms with Crippen LogP contribution in [0.5, 0.6) is 0 Å². The number of nitrogens with one attached hydrogen (secondary N) is 1. The number of piperidine rings is 1. The summed E-state index contributed by atoms with van der Waals surface area (Å²) in [6, 6.07) is 0.452. The van der Waals surface area contributed by atoms with Gasteiger partial charge in [-0.2, -0.15) is 0 Å². The van der Waals surface area contributed by atoms with Gasteiger partial charge in [-0.3, -0.25) is 9.69 Å². The van der Waals surface area contributed by atoms with Crippen LogP contribution in [0.25, 0.3) is 0 Å². The van der Waals surface area contributed by atoms with Gasteiger partial charge in [0.1, 0.15) is 5.54 Å². The first-order valence-electron chi connectivity index (χ1n) is 8.28. The summed E-state index contributed by atoms with van der Waals surface area (Å²) >= 11 is 0. The molecular weight excluding hydrogens is 268 g/mol. The maximum atomic E-state index is 12.2. The molecule has 5 heteroatoms. The molecule has 1 heterocycles. The Morgan fingerprint density at radius 1 is 1.38 bits per heavy atom. The number of ether oxygens (including phenoxy) is 2. The van der Waals surface area contributed by atoms with Crippen LogP contribution < -0.4 is 5.32 Å². The maximum Gasteiger partial charge on any atom is 0.326 e. The van der Waals surface area contributed by atoms with Crippen LogP contribution in [0, 0.1) is 0 Å². The lowest BCUT2D eigenvalue weighted by Gasteiger charge is -2.45. The van der Waals surface area contributed by atoms with Crippen molar-refractivity contribution in [3.05, 3.63) is 0 Å². The zero-order valence-corrected chi connectivity index (χ0v) is 13.7. The van der Waals surface area contributed by atoms with E-state index in [1.54, 1.807) is 0 Å². The minimum Gasteiger partial charge on any atom is -0.468 e. The molecule has 2 fully saturated rings. The summed E-state index contributed by atoms with van der Waals surface area (Å²) in [4.78, 5) is 14.7. The Kier molecular flexibility index (Phi) is 6.02. The first-order chi connectivity index (χ1) is 10.1. The molecule has 5 nitrogen and oxygen atoms in total. The topological polar surface area (TPSA) is 50.8 Å². The lowest BCUT2D eigenvalue weighted by molar-refractivity contribution is -0.151. The van der Waals surface area contributed by atoms with E-state index in [0.29, 0.717) is 12.1 Å². The number of carbonyl (C=O) groups excluding carboxylic acids is 1. The summed E-state index contributed by atoms with van der Waals surface area (Å²) in [5, 5.41) is 3.24. The van der Waals surface area contributed by atoms with Gasteiger partial charge in [-0.25, -0.2) is 0 Å². The van der Waals surface area contributed by atoms with Crippen LogP contribution in [0.3, 0.4) is 0 Å². The molecule has 0 amide bonds. The van der Waals surface area contributed by atoms with Crippen molar-refractivity contribution in [3.63, 3.8) is 0 Å². The van der Waals surface area contributed by atoms with E-state index in [0.717, 1.165) is 45.4 Å². The average molecular weight is 298 g/mol. The average Bonchev–Trinajstić information content (AvgIpc) is 2.54. The number of carbonyl (C=O) groups is 1. The molecule has 0 radical (unpaired) electrons. The Hall–Kier alpha value is -0.650. The van der Waals surface area contributed by atoms with Crippen molar-refractivity contribution in [1.29, 1.82) is 0 Å². The number of hydrogen-bond acceptors (Lipinski definition) is 5. The third-order valence-electron chi connectivity index (χ3n) is 5.11. The number of likely N-dealkylation sites (N-methyl/N-ethyl adjacent to an activating group) is 1.